The quantitative estimate of drug-likeness (QED) is 0.810. The molecular weight excluding hydrogens is 290 g/mol. The van der Waals surface area contributed by atoms with Gasteiger partial charge in [-0.05, 0) is 50.3 Å². The molecule has 4 rings (SSSR count). The van der Waals surface area contributed by atoms with Crippen LogP contribution in [-0.4, -0.2) is 34.2 Å². The minimum absolute atomic E-state index is 0.139. The lowest BCUT2D eigenvalue weighted by Crippen LogP contribution is -2.20. The highest BCUT2D eigenvalue weighted by Crippen LogP contribution is 2.56. The lowest BCUT2D eigenvalue weighted by atomic mass is 10.0. The number of hydrogen-bond acceptors (Lipinski definition) is 4. The first kappa shape index (κ1) is 14.4. The molecule has 3 N–H and O–H groups in total. The molecule has 2 aliphatic rings. The van der Waals surface area contributed by atoms with E-state index in [1.54, 1.807) is 0 Å². The van der Waals surface area contributed by atoms with Crippen LogP contribution in [0.4, 0.5) is 5.69 Å². The molecule has 120 valence electrons. The number of hydrogen-bond donors (Lipinski definition) is 3. The van der Waals surface area contributed by atoms with Crippen LogP contribution in [-0.2, 0) is 4.79 Å². The number of aryl methyl sites for hydroxylation is 2. The van der Waals surface area contributed by atoms with Crippen molar-refractivity contribution in [3.63, 3.8) is 0 Å². The summed E-state index contributed by atoms with van der Waals surface area (Å²) in [6, 6.07) is 5.93. The number of anilines is 1. The molecule has 0 radical (unpaired) electrons. The molecule has 1 amide bonds. The van der Waals surface area contributed by atoms with Crippen molar-refractivity contribution in [3.05, 3.63) is 29.6 Å². The number of amides is 1. The Morgan fingerprint density at radius 1 is 1.39 bits per heavy atom. The van der Waals surface area contributed by atoms with Crippen LogP contribution in [0.1, 0.15) is 24.2 Å². The molecule has 2 fully saturated rings. The van der Waals surface area contributed by atoms with E-state index in [0.29, 0.717) is 5.82 Å². The predicted molar refractivity (Wildman–Crippen MR) is 87.9 cm³/mol. The van der Waals surface area contributed by atoms with E-state index in [2.05, 4.69) is 25.8 Å². The fourth-order valence-electron chi connectivity index (χ4n) is 3.54. The van der Waals surface area contributed by atoms with Crippen molar-refractivity contribution >= 4 is 11.6 Å². The average Bonchev–Trinajstić information content (AvgIpc) is 2.84. The maximum atomic E-state index is 12.6. The van der Waals surface area contributed by atoms with Gasteiger partial charge in [0.25, 0.3) is 0 Å². The molecule has 23 heavy (non-hydrogen) atoms. The number of rotatable bonds is 3. The number of nitrogens with one attached hydrogen (secondary N) is 3. The first-order valence-corrected chi connectivity index (χ1v) is 8.09. The minimum Gasteiger partial charge on any atom is -0.326 e. The highest BCUT2D eigenvalue weighted by atomic mass is 16.2. The van der Waals surface area contributed by atoms with Gasteiger partial charge in [0.05, 0.1) is 0 Å². The van der Waals surface area contributed by atoms with Crippen LogP contribution in [0.25, 0.3) is 11.4 Å². The maximum absolute atomic E-state index is 12.6. The molecule has 1 aliphatic carbocycles. The van der Waals surface area contributed by atoms with Crippen LogP contribution in [0.5, 0.6) is 0 Å². The fraction of sp³-hybridized carbons (Fsp3) is 0.471. The lowest BCUT2D eigenvalue weighted by Gasteiger charge is -2.11. The monoisotopic (exact) mass is 311 g/mol. The van der Waals surface area contributed by atoms with Gasteiger partial charge in [-0.25, -0.2) is 4.98 Å². The molecule has 1 aromatic carbocycles. The Labute approximate surface area is 135 Å². The van der Waals surface area contributed by atoms with Gasteiger partial charge in [-0.1, -0.05) is 12.1 Å². The number of H-pyrrole nitrogens is 1. The molecule has 1 saturated heterocycles. The van der Waals surface area contributed by atoms with Crippen LogP contribution < -0.4 is 10.6 Å². The molecule has 2 aromatic rings. The van der Waals surface area contributed by atoms with Gasteiger partial charge in [-0.2, -0.15) is 5.10 Å². The van der Waals surface area contributed by atoms with Gasteiger partial charge in [0.15, 0.2) is 5.82 Å². The van der Waals surface area contributed by atoms with Gasteiger partial charge >= 0.3 is 0 Å². The molecule has 2 unspecified atom stereocenters. The predicted octanol–water partition coefficient (Wildman–Crippen LogP) is 2.03. The Balaban J connectivity index is 1.53. The first-order chi connectivity index (χ1) is 11.1. The van der Waals surface area contributed by atoms with E-state index >= 15 is 0 Å². The SMILES string of the molecule is Cc1nc(-c2ccc(C)c(NC(=O)C3CC34CCNC4)c2)n[nH]1. The number of aromatic nitrogens is 3. The molecule has 6 heteroatoms. The van der Waals surface area contributed by atoms with E-state index in [1.807, 2.05) is 32.0 Å². The van der Waals surface area contributed by atoms with Crippen LogP contribution in [0, 0.1) is 25.2 Å². The van der Waals surface area contributed by atoms with E-state index in [4.69, 9.17) is 0 Å². The molecule has 2 atom stereocenters. The Morgan fingerprint density at radius 3 is 2.96 bits per heavy atom. The fourth-order valence-corrected chi connectivity index (χ4v) is 3.54. The highest BCUT2D eigenvalue weighted by Gasteiger charge is 2.58. The highest BCUT2D eigenvalue weighted by molar-refractivity contribution is 5.96. The Kier molecular flexibility index (Phi) is 3.23. The number of carbonyl (C=O) groups excluding carboxylic acids is 1. The standard InChI is InChI=1S/C17H21N5O/c1-10-3-4-12(15-19-11(2)21-22-15)7-14(10)20-16(23)13-8-17(13)5-6-18-9-17/h3-4,7,13,18H,5-6,8-9H2,1-2H3,(H,20,23)(H,19,21,22). The normalized spacial score (nSPS) is 25.7. The molecular formula is C17H21N5O. The number of carbonyl (C=O) groups is 1. The zero-order valence-corrected chi connectivity index (χ0v) is 13.4. The summed E-state index contributed by atoms with van der Waals surface area (Å²) in [5.74, 6) is 1.71. The Morgan fingerprint density at radius 2 is 2.26 bits per heavy atom. The second-order valence-electron chi connectivity index (χ2n) is 6.81. The topological polar surface area (TPSA) is 82.7 Å². The van der Waals surface area contributed by atoms with Crippen LogP contribution in [0.2, 0.25) is 0 Å². The average molecular weight is 311 g/mol. The van der Waals surface area contributed by atoms with Crippen molar-refractivity contribution in [2.45, 2.75) is 26.7 Å². The summed E-state index contributed by atoms with van der Waals surface area (Å²) in [5.41, 5.74) is 3.02. The van der Waals surface area contributed by atoms with Gasteiger partial charge in [0, 0.05) is 23.7 Å². The van der Waals surface area contributed by atoms with E-state index in [0.717, 1.165) is 48.6 Å². The summed E-state index contributed by atoms with van der Waals surface area (Å²) in [6.07, 6.45) is 2.12. The van der Waals surface area contributed by atoms with Crippen molar-refractivity contribution < 1.29 is 4.79 Å². The summed E-state index contributed by atoms with van der Waals surface area (Å²) in [4.78, 5) is 16.9. The first-order valence-electron chi connectivity index (χ1n) is 8.09. The molecule has 1 saturated carbocycles. The van der Waals surface area contributed by atoms with Gasteiger partial charge in [0.1, 0.15) is 5.82 Å². The molecule has 6 nitrogen and oxygen atoms in total. The molecule has 2 heterocycles. The van der Waals surface area contributed by atoms with Gasteiger partial charge < -0.3 is 10.6 Å². The van der Waals surface area contributed by atoms with Crippen molar-refractivity contribution in [1.29, 1.82) is 0 Å². The van der Waals surface area contributed by atoms with E-state index in [1.165, 1.54) is 0 Å². The van der Waals surface area contributed by atoms with Gasteiger partial charge in [-0.15, -0.1) is 0 Å². The van der Waals surface area contributed by atoms with Gasteiger partial charge in [0.2, 0.25) is 5.91 Å². The molecule has 1 aromatic heterocycles. The van der Waals surface area contributed by atoms with Crippen molar-refractivity contribution in [3.8, 4) is 11.4 Å². The molecule has 1 spiro atoms. The van der Waals surface area contributed by atoms with Gasteiger partial charge in [-0.3, -0.25) is 9.89 Å². The lowest BCUT2D eigenvalue weighted by molar-refractivity contribution is -0.118. The zero-order chi connectivity index (χ0) is 16.0. The second kappa shape index (κ2) is 5.16. The third-order valence-corrected chi connectivity index (χ3v) is 5.13. The third-order valence-electron chi connectivity index (χ3n) is 5.13. The van der Waals surface area contributed by atoms with Crippen molar-refractivity contribution in [2.75, 3.05) is 18.4 Å². The molecule has 0 bridgehead atoms. The van der Waals surface area contributed by atoms with Crippen molar-refractivity contribution in [1.82, 2.24) is 20.5 Å². The van der Waals surface area contributed by atoms with E-state index < -0.39 is 0 Å². The smallest absolute Gasteiger partial charge is 0.228 e. The summed E-state index contributed by atoms with van der Waals surface area (Å²) in [5, 5.41) is 13.5. The van der Waals surface area contributed by atoms with E-state index in [-0.39, 0.29) is 17.2 Å². The Hall–Kier alpha value is -2.21. The number of benzene rings is 1. The molecule has 1 aliphatic heterocycles. The Bertz CT molecular complexity index is 760. The number of aromatic amines is 1. The summed E-state index contributed by atoms with van der Waals surface area (Å²) in [6.45, 7) is 5.88. The summed E-state index contributed by atoms with van der Waals surface area (Å²) < 4.78 is 0. The summed E-state index contributed by atoms with van der Waals surface area (Å²) in [7, 11) is 0. The summed E-state index contributed by atoms with van der Waals surface area (Å²) >= 11 is 0. The van der Waals surface area contributed by atoms with Crippen molar-refractivity contribution in [2.24, 2.45) is 11.3 Å². The maximum Gasteiger partial charge on any atom is 0.228 e. The second-order valence-corrected chi connectivity index (χ2v) is 6.81. The van der Waals surface area contributed by atoms with Crippen LogP contribution >= 0.6 is 0 Å². The van der Waals surface area contributed by atoms with Crippen LogP contribution in [0.15, 0.2) is 18.2 Å². The minimum atomic E-state index is 0.139. The van der Waals surface area contributed by atoms with Crippen LogP contribution in [0.3, 0.4) is 0 Å². The largest absolute Gasteiger partial charge is 0.326 e. The van der Waals surface area contributed by atoms with E-state index in [9.17, 15) is 4.79 Å². The number of nitrogens with zero attached hydrogens (tertiary/aromatic N) is 2. The zero-order valence-electron chi connectivity index (χ0n) is 13.4. The third kappa shape index (κ3) is 2.53.